The number of hydrazine groups is 1. The van der Waals surface area contributed by atoms with E-state index in [1.54, 1.807) is 10.9 Å². The molecule has 0 amide bonds. The number of hydrogen-bond acceptors (Lipinski definition) is 5. The van der Waals surface area contributed by atoms with Crippen LogP contribution >= 0.6 is 11.6 Å². The maximum atomic E-state index is 6.23. The van der Waals surface area contributed by atoms with E-state index in [9.17, 15) is 0 Å². The maximum absolute atomic E-state index is 6.23. The number of nitrogens with one attached hydrogen (secondary N) is 1. The molecule has 102 valence electrons. The van der Waals surface area contributed by atoms with E-state index in [1.165, 1.54) is 0 Å². The zero-order valence-electron chi connectivity index (χ0n) is 11.2. The monoisotopic (exact) mass is 280 g/mol. The first-order valence-electron chi connectivity index (χ1n) is 5.96. The van der Waals surface area contributed by atoms with Crippen LogP contribution in [-0.2, 0) is 13.5 Å². The van der Waals surface area contributed by atoms with E-state index in [-0.39, 0.29) is 6.04 Å². The molecule has 2 heterocycles. The van der Waals surface area contributed by atoms with Crippen molar-refractivity contribution in [3.8, 4) is 0 Å². The average molecular weight is 281 g/mol. The minimum absolute atomic E-state index is 0.123. The highest BCUT2D eigenvalue weighted by molar-refractivity contribution is 6.30. The molecule has 2 rings (SSSR count). The predicted octanol–water partition coefficient (Wildman–Crippen LogP) is 1.23. The third-order valence-electron chi connectivity index (χ3n) is 3.03. The number of halogens is 1. The Kier molecular flexibility index (Phi) is 4.14. The number of nitrogens with two attached hydrogens (primary N) is 1. The van der Waals surface area contributed by atoms with Crippen LogP contribution < -0.4 is 11.3 Å². The zero-order valence-corrected chi connectivity index (χ0v) is 11.9. The van der Waals surface area contributed by atoms with Crippen LogP contribution in [0, 0.1) is 13.8 Å². The van der Waals surface area contributed by atoms with Gasteiger partial charge in [-0.25, -0.2) is 9.97 Å². The smallest absolute Gasteiger partial charge is 0.130 e. The summed E-state index contributed by atoms with van der Waals surface area (Å²) < 4.78 is 1.66. The molecule has 0 spiro atoms. The summed E-state index contributed by atoms with van der Waals surface area (Å²) in [6.45, 7) is 3.78. The van der Waals surface area contributed by atoms with Gasteiger partial charge in [0.1, 0.15) is 11.0 Å². The van der Waals surface area contributed by atoms with Gasteiger partial charge in [0.05, 0.1) is 17.4 Å². The van der Waals surface area contributed by atoms with E-state index in [4.69, 9.17) is 17.4 Å². The van der Waals surface area contributed by atoms with Gasteiger partial charge in [0.15, 0.2) is 0 Å². The number of aryl methyl sites for hydroxylation is 3. The van der Waals surface area contributed by atoms with Gasteiger partial charge >= 0.3 is 0 Å². The molecule has 2 aromatic heterocycles. The molecule has 0 bridgehead atoms. The molecule has 0 radical (unpaired) electrons. The Balaban J connectivity index is 2.29. The SMILES string of the molecule is Cc1nccc(C(Cc2c(C)nn(C)c2Cl)NN)n1. The Labute approximate surface area is 117 Å². The quantitative estimate of drug-likeness (QED) is 0.650. The van der Waals surface area contributed by atoms with E-state index in [0.717, 1.165) is 17.0 Å². The Morgan fingerprint density at radius 3 is 2.74 bits per heavy atom. The highest BCUT2D eigenvalue weighted by atomic mass is 35.5. The number of nitrogens with zero attached hydrogens (tertiary/aromatic N) is 4. The molecule has 0 fully saturated rings. The molecule has 0 saturated carbocycles. The summed E-state index contributed by atoms with van der Waals surface area (Å²) >= 11 is 6.23. The number of aromatic nitrogens is 4. The summed E-state index contributed by atoms with van der Waals surface area (Å²) in [5, 5.41) is 4.92. The van der Waals surface area contributed by atoms with Crippen molar-refractivity contribution in [3.63, 3.8) is 0 Å². The van der Waals surface area contributed by atoms with Crippen LogP contribution in [0.5, 0.6) is 0 Å². The molecule has 3 N–H and O–H groups in total. The van der Waals surface area contributed by atoms with Crippen molar-refractivity contribution in [1.29, 1.82) is 0 Å². The summed E-state index contributed by atoms with van der Waals surface area (Å²) in [5.74, 6) is 6.34. The number of hydrogen-bond donors (Lipinski definition) is 2. The lowest BCUT2D eigenvalue weighted by molar-refractivity contribution is 0.534. The molecule has 0 aliphatic heterocycles. The van der Waals surface area contributed by atoms with Gasteiger partial charge in [-0.05, 0) is 26.3 Å². The second kappa shape index (κ2) is 5.64. The second-order valence-electron chi connectivity index (χ2n) is 4.43. The van der Waals surface area contributed by atoms with Crippen LogP contribution in [0.15, 0.2) is 12.3 Å². The van der Waals surface area contributed by atoms with Gasteiger partial charge in [-0.1, -0.05) is 11.6 Å². The zero-order chi connectivity index (χ0) is 14.0. The van der Waals surface area contributed by atoms with Gasteiger partial charge in [0.25, 0.3) is 0 Å². The molecular formula is C12H17ClN6. The topological polar surface area (TPSA) is 81.7 Å². The van der Waals surface area contributed by atoms with E-state index in [2.05, 4.69) is 20.5 Å². The fraction of sp³-hybridized carbons (Fsp3) is 0.417. The van der Waals surface area contributed by atoms with E-state index in [1.807, 2.05) is 27.0 Å². The Bertz CT molecular complexity index is 580. The molecule has 1 unspecified atom stereocenters. The molecule has 1 atom stereocenters. The number of rotatable bonds is 4. The normalized spacial score (nSPS) is 12.7. The van der Waals surface area contributed by atoms with Crippen molar-refractivity contribution in [3.05, 3.63) is 40.2 Å². The largest absolute Gasteiger partial charge is 0.271 e. The van der Waals surface area contributed by atoms with Crippen LogP contribution in [0.3, 0.4) is 0 Å². The summed E-state index contributed by atoms with van der Waals surface area (Å²) in [7, 11) is 1.82. The molecule has 0 saturated heterocycles. The van der Waals surface area contributed by atoms with Crippen LogP contribution in [0.1, 0.15) is 28.8 Å². The van der Waals surface area contributed by atoms with Crippen LogP contribution in [0.4, 0.5) is 0 Å². The van der Waals surface area contributed by atoms with Gasteiger partial charge in [-0.15, -0.1) is 0 Å². The van der Waals surface area contributed by atoms with Crippen molar-refractivity contribution in [1.82, 2.24) is 25.2 Å². The van der Waals surface area contributed by atoms with Crippen molar-refractivity contribution in [2.24, 2.45) is 12.9 Å². The lowest BCUT2D eigenvalue weighted by Crippen LogP contribution is -2.30. The first kappa shape index (κ1) is 13.9. The minimum Gasteiger partial charge on any atom is -0.271 e. The van der Waals surface area contributed by atoms with Crippen LogP contribution in [0.2, 0.25) is 5.15 Å². The van der Waals surface area contributed by atoms with Crippen molar-refractivity contribution >= 4 is 11.6 Å². The highest BCUT2D eigenvalue weighted by Gasteiger charge is 2.18. The third-order valence-corrected chi connectivity index (χ3v) is 3.51. The second-order valence-corrected chi connectivity index (χ2v) is 4.79. The first-order chi connectivity index (χ1) is 9.02. The van der Waals surface area contributed by atoms with Gasteiger partial charge in [-0.3, -0.25) is 16.0 Å². The summed E-state index contributed by atoms with van der Waals surface area (Å²) in [6, 6.07) is 1.72. The predicted molar refractivity (Wildman–Crippen MR) is 73.5 cm³/mol. The standard InChI is InChI=1S/C12H17ClN6/c1-7-9(12(13)19(3)18-7)6-11(17-14)10-4-5-15-8(2)16-10/h4-5,11,17H,6,14H2,1-3H3. The molecule has 2 aromatic rings. The Hall–Kier alpha value is -1.50. The summed E-state index contributed by atoms with van der Waals surface area (Å²) in [5.41, 5.74) is 5.49. The highest BCUT2D eigenvalue weighted by Crippen LogP contribution is 2.24. The van der Waals surface area contributed by atoms with Gasteiger partial charge < -0.3 is 0 Å². The van der Waals surface area contributed by atoms with Crippen molar-refractivity contribution in [2.75, 3.05) is 0 Å². The molecule has 6 nitrogen and oxygen atoms in total. The van der Waals surface area contributed by atoms with E-state index in [0.29, 0.717) is 17.4 Å². The fourth-order valence-corrected chi connectivity index (χ4v) is 2.28. The van der Waals surface area contributed by atoms with Gasteiger partial charge in [-0.2, -0.15) is 5.10 Å². The molecule has 0 aromatic carbocycles. The minimum atomic E-state index is -0.123. The lowest BCUT2D eigenvalue weighted by atomic mass is 10.0. The maximum Gasteiger partial charge on any atom is 0.130 e. The molecule has 19 heavy (non-hydrogen) atoms. The Morgan fingerprint density at radius 1 is 1.47 bits per heavy atom. The average Bonchev–Trinajstić information content (AvgIpc) is 2.61. The van der Waals surface area contributed by atoms with Crippen LogP contribution in [0.25, 0.3) is 0 Å². The lowest BCUT2D eigenvalue weighted by Gasteiger charge is -2.15. The fourth-order valence-electron chi connectivity index (χ4n) is 2.03. The molecule has 0 aliphatic rings. The molecule has 7 heteroatoms. The van der Waals surface area contributed by atoms with Gasteiger partial charge in [0, 0.05) is 18.8 Å². The van der Waals surface area contributed by atoms with Crippen LogP contribution in [-0.4, -0.2) is 19.7 Å². The first-order valence-corrected chi connectivity index (χ1v) is 6.34. The van der Waals surface area contributed by atoms with Crippen molar-refractivity contribution < 1.29 is 0 Å². The van der Waals surface area contributed by atoms with Crippen molar-refractivity contribution in [2.45, 2.75) is 26.3 Å². The summed E-state index contributed by atoms with van der Waals surface area (Å²) in [4.78, 5) is 8.46. The molecular weight excluding hydrogens is 264 g/mol. The van der Waals surface area contributed by atoms with E-state index >= 15 is 0 Å². The Morgan fingerprint density at radius 2 is 2.21 bits per heavy atom. The van der Waals surface area contributed by atoms with E-state index < -0.39 is 0 Å². The summed E-state index contributed by atoms with van der Waals surface area (Å²) in [6.07, 6.45) is 2.35. The third kappa shape index (κ3) is 2.91. The van der Waals surface area contributed by atoms with Gasteiger partial charge in [0.2, 0.25) is 0 Å². The molecule has 0 aliphatic carbocycles.